The minimum absolute atomic E-state index is 0.00368. The fourth-order valence-electron chi connectivity index (χ4n) is 2.19. The van der Waals surface area contributed by atoms with Gasteiger partial charge in [0, 0.05) is 27.9 Å². The van der Waals surface area contributed by atoms with E-state index in [4.69, 9.17) is 9.47 Å². The van der Waals surface area contributed by atoms with Gasteiger partial charge in [-0.2, -0.15) is 0 Å². The molecular formula is C17H18BrFO5S. The molecule has 2 rings (SSSR count). The van der Waals surface area contributed by atoms with Crippen molar-refractivity contribution in [2.75, 3.05) is 26.2 Å². The van der Waals surface area contributed by atoms with Gasteiger partial charge in [0.1, 0.15) is 0 Å². The van der Waals surface area contributed by atoms with Gasteiger partial charge in [-0.3, -0.25) is 9.59 Å². The lowest BCUT2D eigenvalue weighted by Crippen LogP contribution is -2.04. The Labute approximate surface area is 157 Å². The Morgan fingerprint density at radius 1 is 1.24 bits per heavy atom. The zero-order valence-corrected chi connectivity index (χ0v) is 16.3. The molecule has 0 atom stereocenters. The standard InChI is InChI=1S/C17H18BrFO5S/c1-22-12-9-13-10(16(19)17(12)24-7-3-6-18)8-14(25-13)11(20)4-5-15(21)23-2/h8-9H,3-7H2,1-2H3. The van der Waals surface area contributed by atoms with Crippen LogP contribution in [0.25, 0.3) is 10.1 Å². The molecule has 1 aromatic carbocycles. The monoisotopic (exact) mass is 432 g/mol. The highest BCUT2D eigenvalue weighted by molar-refractivity contribution is 9.09. The van der Waals surface area contributed by atoms with Gasteiger partial charge in [0.25, 0.3) is 0 Å². The van der Waals surface area contributed by atoms with E-state index in [9.17, 15) is 14.0 Å². The number of rotatable bonds is 9. The molecule has 0 unspecified atom stereocenters. The van der Waals surface area contributed by atoms with Gasteiger partial charge < -0.3 is 14.2 Å². The molecule has 0 amide bonds. The first-order valence-corrected chi connectivity index (χ1v) is 9.54. The number of methoxy groups -OCH3 is 2. The molecule has 0 spiro atoms. The summed E-state index contributed by atoms with van der Waals surface area (Å²) in [6.07, 6.45) is 0.741. The van der Waals surface area contributed by atoms with Gasteiger partial charge in [-0.1, -0.05) is 15.9 Å². The van der Waals surface area contributed by atoms with E-state index >= 15 is 0 Å². The van der Waals surface area contributed by atoms with Crippen LogP contribution in [-0.2, 0) is 9.53 Å². The highest BCUT2D eigenvalue weighted by Crippen LogP contribution is 2.40. The zero-order valence-electron chi connectivity index (χ0n) is 13.9. The Bertz CT molecular complexity index is 774. The fraction of sp³-hybridized carbons (Fsp3) is 0.412. The predicted molar refractivity (Wildman–Crippen MR) is 97.8 cm³/mol. The molecule has 25 heavy (non-hydrogen) atoms. The first-order valence-electron chi connectivity index (χ1n) is 7.60. The highest BCUT2D eigenvalue weighted by Gasteiger charge is 2.20. The fourth-order valence-corrected chi connectivity index (χ4v) is 3.48. The van der Waals surface area contributed by atoms with Crippen molar-refractivity contribution in [3.05, 3.63) is 22.8 Å². The summed E-state index contributed by atoms with van der Waals surface area (Å²) in [5.74, 6) is -0.902. The molecule has 1 aromatic heterocycles. The van der Waals surface area contributed by atoms with Crippen LogP contribution in [0.15, 0.2) is 12.1 Å². The summed E-state index contributed by atoms with van der Waals surface area (Å²) in [5.41, 5.74) is 0. The summed E-state index contributed by atoms with van der Waals surface area (Å²) >= 11 is 4.45. The minimum atomic E-state index is -0.549. The van der Waals surface area contributed by atoms with Crippen LogP contribution in [0, 0.1) is 5.82 Å². The Kier molecular flexibility index (Phi) is 7.19. The number of benzene rings is 1. The van der Waals surface area contributed by atoms with Crippen molar-refractivity contribution in [2.45, 2.75) is 19.3 Å². The number of carbonyl (C=O) groups excluding carboxylic acids is 2. The maximum atomic E-state index is 14.8. The Hall–Kier alpha value is -1.67. The first-order chi connectivity index (χ1) is 12.0. The summed E-state index contributed by atoms with van der Waals surface area (Å²) in [6, 6.07) is 3.15. The lowest BCUT2D eigenvalue weighted by molar-refractivity contribution is -0.140. The second-order valence-corrected chi connectivity index (χ2v) is 7.01. The van der Waals surface area contributed by atoms with E-state index in [1.165, 1.54) is 20.3 Å². The van der Waals surface area contributed by atoms with Gasteiger partial charge in [-0.05, 0) is 12.5 Å². The molecule has 8 heteroatoms. The van der Waals surface area contributed by atoms with Gasteiger partial charge in [-0.25, -0.2) is 4.39 Å². The smallest absolute Gasteiger partial charge is 0.305 e. The van der Waals surface area contributed by atoms with E-state index in [-0.39, 0.29) is 30.1 Å². The maximum Gasteiger partial charge on any atom is 0.305 e. The number of halogens is 2. The number of carbonyl (C=O) groups is 2. The topological polar surface area (TPSA) is 61.8 Å². The molecular weight excluding hydrogens is 415 g/mol. The van der Waals surface area contributed by atoms with Crippen LogP contribution in [-0.4, -0.2) is 37.9 Å². The molecule has 5 nitrogen and oxygen atoms in total. The van der Waals surface area contributed by atoms with Gasteiger partial charge >= 0.3 is 5.97 Å². The van der Waals surface area contributed by atoms with Crippen molar-refractivity contribution in [1.82, 2.24) is 0 Å². The van der Waals surface area contributed by atoms with Crippen molar-refractivity contribution < 1.29 is 28.2 Å². The molecule has 0 bridgehead atoms. The minimum Gasteiger partial charge on any atom is -0.493 e. The molecule has 136 valence electrons. The zero-order chi connectivity index (χ0) is 18.4. The van der Waals surface area contributed by atoms with Crippen molar-refractivity contribution in [1.29, 1.82) is 0 Å². The number of hydrogen-bond donors (Lipinski definition) is 0. The first kappa shape index (κ1) is 19.7. The van der Waals surface area contributed by atoms with Crippen molar-refractivity contribution in [2.24, 2.45) is 0 Å². The molecule has 1 heterocycles. The van der Waals surface area contributed by atoms with E-state index in [0.717, 1.165) is 23.1 Å². The van der Waals surface area contributed by atoms with Gasteiger partial charge in [0.15, 0.2) is 23.1 Å². The molecule has 0 fully saturated rings. The van der Waals surface area contributed by atoms with Crippen molar-refractivity contribution in [3.8, 4) is 11.5 Å². The number of ether oxygens (including phenoxy) is 3. The summed E-state index contributed by atoms with van der Waals surface area (Å²) in [7, 11) is 2.71. The molecule has 2 aromatic rings. The van der Waals surface area contributed by atoms with E-state index in [0.29, 0.717) is 21.6 Å². The lowest BCUT2D eigenvalue weighted by Gasteiger charge is -2.11. The molecule has 0 N–H and O–H groups in total. The number of hydrogen-bond acceptors (Lipinski definition) is 6. The normalized spacial score (nSPS) is 10.7. The number of fused-ring (bicyclic) bond motifs is 1. The third-order valence-electron chi connectivity index (χ3n) is 3.49. The number of esters is 1. The largest absolute Gasteiger partial charge is 0.493 e. The van der Waals surface area contributed by atoms with Crippen molar-refractivity contribution >= 4 is 49.1 Å². The number of alkyl halides is 1. The number of ketones is 1. The predicted octanol–water partition coefficient (Wildman–Crippen LogP) is 4.35. The van der Waals surface area contributed by atoms with E-state index < -0.39 is 11.8 Å². The van der Waals surface area contributed by atoms with Crippen LogP contribution in [0.2, 0.25) is 0 Å². The average molecular weight is 433 g/mol. The van der Waals surface area contributed by atoms with Crippen molar-refractivity contribution in [3.63, 3.8) is 0 Å². The summed E-state index contributed by atoms with van der Waals surface area (Å²) in [5, 5.41) is 1.05. The second-order valence-electron chi connectivity index (χ2n) is 5.13. The SMILES string of the molecule is COC(=O)CCC(=O)c1cc2c(F)c(OCCCBr)c(OC)cc2s1. The Morgan fingerprint density at radius 2 is 2.00 bits per heavy atom. The molecule has 0 aliphatic rings. The summed E-state index contributed by atoms with van der Waals surface area (Å²) in [6.45, 7) is 0.346. The lowest BCUT2D eigenvalue weighted by atomic mass is 10.1. The van der Waals surface area contributed by atoms with Crippen LogP contribution >= 0.6 is 27.3 Å². The van der Waals surface area contributed by atoms with E-state index in [2.05, 4.69) is 20.7 Å². The average Bonchev–Trinajstić information content (AvgIpc) is 3.05. The van der Waals surface area contributed by atoms with Crippen LogP contribution < -0.4 is 9.47 Å². The molecule has 0 aliphatic carbocycles. The third-order valence-corrected chi connectivity index (χ3v) is 5.17. The van der Waals surface area contributed by atoms with E-state index in [1.54, 1.807) is 6.07 Å². The van der Waals surface area contributed by atoms with Gasteiger partial charge in [0.05, 0.1) is 32.1 Å². The number of thiophene rings is 1. The molecule has 0 saturated carbocycles. The van der Waals surface area contributed by atoms with Gasteiger partial charge in [0.2, 0.25) is 0 Å². The summed E-state index contributed by atoms with van der Waals surface area (Å²) < 4.78 is 30.6. The Morgan fingerprint density at radius 3 is 2.64 bits per heavy atom. The number of Topliss-reactive ketones (excluding diaryl/α,β-unsaturated/α-hetero) is 1. The Balaban J connectivity index is 2.30. The third kappa shape index (κ3) is 4.70. The molecule has 0 aliphatic heterocycles. The molecule has 0 radical (unpaired) electrons. The quantitative estimate of drug-likeness (QED) is 0.255. The maximum absolute atomic E-state index is 14.8. The van der Waals surface area contributed by atoms with E-state index in [1.807, 2.05) is 0 Å². The van der Waals surface area contributed by atoms with Crippen LogP contribution in [0.5, 0.6) is 11.5 Å². The van der Waals surface area contributed by atoms with Crippen LogP contribution in [0.4, 0.5) is 4.39 Å². The van der Waals surface area contributed by atoms with Crippen LogP contribution in [0.1, 0.15) is 28.9 Å². The second kappa shape index (κ2) is 9.15. The highest BCUT2D eigenvalue weighted by atomic mass is 79.9. The molecule has 0 saturated heterocycles. The summed E-state index contributed by atoms with van der Waals surface area (Å²) in [4.78, 5) is 23.8. The van der Waals surface area contributed by atoms with Gasteiger partial charge in [-0.15, -0.1) is 11.3 Å². The van der Waals surface area contributed by atoms with Crippen LogP contribution in [0.3, 0.4) is 0 Å².